The number of hydrogen-bond donors (Lipinski definition) is 0. The molecule has 0 saturated carbocycles. The van der Waals surface area contributed by atoms with Gasteiger partial charge in [-0.1, -0.05) is 40.7 Å². The average Bonchev–Trinajstić information content (AvgIpc) is 2.46. The second-order valence-electron chi connectivity index (χ2n) is 7.01. The van der Waals surface area contributed by atoms with Crippen molar-refractivity contribution in [3.05, 3.63) is 34.4 Å². The van der Waals surface area contributed by atoms with Gasteiger partial charge in [0.1, 0.15) is 6.29 Å². The lowest BCUT2D eigenvalue weighted by Gasteiger charge is -2.32. The van der Waals surface area contributed by atoms with E-state index >= 15 is 0 Å². The summed E-state index contributed by atoms with van der Waals surface area (Å²) in [6.45, 7) is 13.6. The van der Waals surface area contributed by atoms with Gasteiger partial charge in [-0.2, -0.15) is 0 Å². The lowest BCUT2D eigenvalue weighted by Crippen LogP contribution is -2.28. The van der Waals surface area contributed by atoms with Crippen LogP contribution in [0.4, 0.5) is 0 Å². The number of hydrogen-bond acceptors (Lipinski definition) is 1. The highest BCUT2D eigenvalue weighted by Gasteiger charge is 2.46. The molecule has 0 N–H and O–H groups in total. The Kier molecular flexibility index (Phi) is 2.92. The van der Waals surface area contributed by atoms with Gasteiger partial charge < -0.3 is 0 Å². The SMILES string of the molecule is Cc1cc2c(cc1C=O)C(C)(C(C)C)CC2(C)C. The van der Waals surface area contributed by atoms with Gasteiger partial charge in [-0.25, -0.2) is 0 Å². The molecule has 2 rings (SSSR count). The topological polar surface area (TPSA) is 17.1 Å². The van der Waals surface area contributed by atoms with Crippen LogP contribution in [0.25, 0.3) is 0 Å². The summed E-state index contributed by atoms with van der Waals surface area (Å²) in [6.07, 6.45) is 2.15. The summed E-state index contributed by atoms with van der Waals surface area (Å²) in [4.78, 5) is 11.2. The third-order valence-electron chi connectivity index (χ3n) is 4.96. The van der Waals surface area contributed by atoms with Crippen molar-refractivity contribution < 1.29 is 4.79 Å². The van der Waals surface area contributed by atoms with Crippen LogP contribution < -0.4 is 0 Å². The molecule has 0 heterocycles. The molecule has 18 heavy (non-hydrogen) atoms. The Morgan fingerprint density at radius 3 is 2.28 bits per heavy atom. The van der Waals surface area contributed by atoms with E-state index in [0.717, 1.165) is 23.8 Å². The highest BCUT2D eigenvalue weighted by atomic mass is 16.1. The largest absolute Gasteiger partial charge is 0.298 e. The summed E-state index contributed by atoms with van der Waals surface area (Å²) >= 11 is 0. The Morgan fingerprint density at radius 1 is 1.17 bits per heavy atom. The van der Waals surface area contributed by atoms with E-state index in [-0.39, 0.29) is 10.8 Å². The van der Waals surface area contributed by atoms with Crippen LogP contribution in [0.5, 0.6) is 0 Å². The molecule has 1 heteroatoms. The molecule has 1 atom stereocenters. The van der Waals surface area contributed by atoms with Crippen LogP contribution in [-0.4, -0.2) is 6.29 Å². The van der Waals surface area contributed by atoms with Crippen molar-refractivity contribution in [1.82, 2.24) is 0 Å². The monoisotopic (exact) mass is 244 g/mol. The van der Waals surface area contributed by atoms with Gasteiger partial charge in [-0.15, -0.1) is 0 Å². The maximum Gasteiger partial charge on any atom is 0.150 e. The fraction of sp³-hybridized carbons (Fsp3) is 0.588. The van der Waals surface area contributed by atoms with Gasteiger partial charge >= 0.3 is 0 Å². The summed E-state index contributed by atoms with van der Waals surface area (Å²) in [6, 6.07) is 4.36. The molecular formula is C17H24O. The van der Waals surface area contributed by atoms with Crippen LogP contribution in [-0.2, 0) is 10.8 Å². The predicted molar refractivity (Wildman–Crippen MR) is 76.4 cm³/mol. The van der Waals surface area contributed by atoms with Crippen molar-refractivity contribution in [3.63, 3.8) is 0 Å². The molecule has 1 aliphatic carbocycles. The lowest BCUT2D eigenvalue weighted by molar-refractivity contribution is 0.112. The van der Waals surface area contributed by atoms with Crippen LogP contribution in [0.2, 0.25) is 0 Å². The third kappa shape index (κ3) is 1.72. The predicted octanol–water partition coefficient (Wildman–Crippen LogP) is 4.40. The van der Waals surface area contributed by atoms with E-state index in [1.54, 1.807) is 0 Å². The minimum absolute atomic E-state index is 0.185. The normalized spacial score (nSPS) is 25.3. The summed E-state index contributed by atoms with van der Waals surface area (Å²) in [5.41, 5.74) is 5.16. The van der Waals surface area contributed by atoms with Crippen molar-refractivity contribution in [2.45, 2.75) is 58.8 Å². The maximum absolute atomic E-state index is 11.2. The molecule has 0 fully saturated rings. The molecule has 0 bridgehead atoms. The highest BCUT2D eigenvalue weighted by Crippen LogP contribution is 2.53. The minimum Gasteiger partial charge on any atom is -0.298 e. The first kappa shape index (κ1) is 13.3. The van der Waals surface area contributed by atoms with Crippen molar-refractivity contribution in [2.75, 3.05) is 0 Å². The summed E-state index contributed by atoms with van der Waals surface area (Å²) < 4.78 is 0. The molecule has 1 unspecified atom stereocenters. The minimum atomic E-state index is 0.185. The first-order chi connectivity index (χ1) is 8.22. The van der Waals surface area contributed by atoms with Crippen LogP contribution >= 0.6 is 0 Å². The van der Waals surface area contributed by atoms with E-state index in [2.05, 4.69) is 46.8 Å². The second-order valence-corrected chi connectivity index (χ2v) is 7.01. The van der Waals surface area contributed by atoms with Crippen molar-refractivity contribution in [3.8, 4) is 0 Å². The van der Waals surface area contributed by atoms with Crippen LogP contribution in [0.15, 0.2) is 12.1 Å². The first-order valence-electron chi connectivity index (χ1n) is 6.83. The zero-order valence-corrected chi connectivity index (χ0v) is 12.4. The Labute approximate surface area is 111 Å². The molecule has 0 radical (unpaired) electrons. The first-order valence-corrected chi connectivity index (χ1v) is 6.83. The molecule has 1 aromatic rings. The van der Waals surface area contributed by atoms with Crippen LogP contribution in [0.1, 0.15) is 68.1 Å². The third-order valence-corrected chi connectivity index (χ3v) is 4.96. The fourth-order valence-electron chi connectivity index (χ4n) is 3.51. The quantitative estimate of drug-likeness (QED) is 0.705. The van der Waals surface area contributed by atoms with Gasteiger partial charge in [0.15, 0.2) is 0 Å². The standard InChI is InChI=1S/C17H24O/c1-11(2)17(6)10-16(4,5)14-7-12(3)13(9-18)8-15(14)17/h7-9,11H,10H2,1-6H3. The molecule has 1 nitrogen and oxygen atoms in total. The van der Waals surface area contributed by atoms with Crippen LogP contribution in [0.3, 0.4) is 0 Å². The number of fused-ring (bicyclic) bond motifs is 1. The smallest absolute Gasteiger partial charge is 0.150 e. The number of carbonyl (C=O) groups is 1. The average molecular weight is 244 g/mol. The van der Waals surface area contributed by atoms with Crippen LogP contribution in [0, 0.1) is 12.8 Å². The summed E-state index contributed by atoms with van der Waals surface area (Å²) in [7, 11) is 0. The number of aryl methyl sites for hydroxylation is 1. The van der Waals surface area contributed by atoms with Gasteiger partial charge in [0.25, 0.3) is 0 Å². The number of aldehydes is 1. The van der Waals surface area contributed by atoms with E-state index in [9.17, 15) is 4.79 Å². The summed E-state index contributed by atoms with van der Waals surface area (Å²) in [5.74, 6) is 0.584. The van der Waals surface area contributed by atoms with Gasteiger partial charge in [0.05, 0.1) is 0 Å². The van der Waals surface area contributed by atoms with Gasteiger partial charge in [0, 0.05) is 5.56 Å². The molecule has 0 aliphatic heterocycles. The number of rotatable bonds is 2. The molecule has 0 amide bonds. The fourth-order valence-corrected chi connectivity index (χ4v) is 3.51. The number of carbonyl (C=O) groups excluding carboxylic acids is 1. The van der Waals surface area contributed by atoms with E-state index in [4.69, 9.17) is 0 Å². The van der Waals surface area contributed by atoms with Gasteiger partial charge in [0.2, 0.25) is 0 Å². The van der Waals surface area contributed by atoms with Crippen molar-refractivity contribution in [1.29, 1.82) is 0 Å². The van der Waals surface area contributed by atoms with Gasteiger partial charge in [-0.05, 0) is 52.8 Å². The van der Waals surface area contributed by atoms with Gasteiger partial charge in [-0.3, -0.25) is 4.79 Å². The second kappa shape index (κ2) is 3.94. The Balaban J connectivity index is 2.72. The molecule has 0 saturated heterocycles. The molecule has 1 aromatic carbocycles. The Bertz CT molecular complexity index is 497. The summed E-state index contributed by atoms with van der Waals surface area (Å²) in [5, 5.41) is 0. The van der Waals surface area contributed by atoms with Crippen molar-refractivity contribution in [2.24, 2.45) is 5.92 Å². The van der Waals surface area contributed by atoms with E-state index in [1.165, 1.54) is 11.1 Å². The number of benzene rings is 1. The maximum atomic E-state index is 11.2. The van der Waals surface area contributed by atoms with E-state index in [1.807, 2.05) is 6.92 Å². The molecule has 98 valence electrons. The Morgan fingerprint density at radius 2 is 1.78 bits per heavy atom. The molecule has 0 spiro atoms. The molecule has 1 aliphatic rings. The Hall–Kier alpha value is -1.11. The zero-order valence-electron chi connectivity index (χ0n) is 12.4. The molecule has 0 aromatic heterocycles. The van der Waals surface area contributed by atoms with E-state index in [0.29, 0.717) is 5.92 Å². The highest BCUT2D eigenvalue weighted by molar-refractivity contribution is 5.78. The molecular weight excluding hydrogens is 220 g/mol. The van der Waals surface area contributed by atoms with Crippen molar-refractivity contribution >= 4 is 6.29 Å². The van der Waals surface area contributed by atoms with E-state index < -0.39 is 0 Å². The zero-order chi connectivity index (χ0) is 13.7. The lowest BCUT2D eigenvalue weighted by atomic mass is 9.72.